The maximum Gasteiger partial charge on any atom is 0.227 e. The second-order valence-electron chi connectivity index (χ2n) is 5.86. The molecule has 122 valence electrons. The molecule has 0 N–H and O–H groups in total. The summed E-state index contributed by atoms with van der Waals surface area (Å²) in [5.74, 6) is -1.60. The van der Waals surface area contributed by atoms with Crippen LogP contribution in [0.25, 0.3) is 0 Å². The zero-order valence-electron chi connectivity index (χ0n) is 13.5. The second kappa shape index (κ2) is 7.31. The molecule has 3 nitrogen and oxygen atoms in total. The molecule has 0 saturated carbocycles. The van der Waals surface area contributed by atoms with Crippen LogP contribution in [0.15, 0.2) is 42.7 Å². The van der Waals surface area contributed by atoms with Crippen molar-refractivity contribution in [2.45, 2.75) is 26.3 Å². The van der Waals surface area contributed by atoms with Crippen molar-refractivity contribution in [3.8, 4) is 0 Å². The molecule has 0 fully saturated rings. The highest BCUT2D eigenvalue weighted by Crippen LogP contribution is 2.27. The van der Waals surface area contributed by atoms with E-state index in [4.69, 9.17) is 0 Å². The molecule has 1 heterocycles. The number of aromatic nitrogens is 1. The van der Waals surface area contributed by atoms with Gasteiger partial charge in [-0.15, -0.1) is 0 Å². The lowest BCUT2D eigenvalue weighted by Gasteiger charge is -2.31. The van der Waals surface area contributed by atoms with Gasteiger partial charge in [0.15, 0.2) is 0 Å². The van der Waals surface area contributed by atoms with E-state index in [9.17, 15) is 13.6 Å². The van der Waals surface area contributed by atoms with Crippen molar-refractivity contribution in [2.75, 3.05) is 7.05 Å². The molecule has 0 bridgehead atoms. The Kier molecular flexibility index (Phi) is 5.42. The third kappa shape index (κ3) is 3.92. The van der Waals surface area contributed by atoms with Crippen molar-refractivity contribution in [1.82, 2.24) is 9.88 Å². The molecule has 2 aromatic rings. The van der Waals surface area contributed by atoms with Crippen LogP contribution in [0, 0.1) is 17.6 Å². The molecule has 23 heavy (non-hydrogen) atoms. The minimum absolute atomic E-state index is 0.138. The zero-order chi connectivity index (χ0) is 17.0. The molecule has 0 aliphatic heterocycles. The number of benzene rings is 1. The minimum Gasteiger partial charge on any atom is -0.338 e. The van der Waals surface area contributed by atoms with E-state index in [1.54, 1.807) is 25.5 Å². The number of rotatable bonds is 5. The van der Waals surface area contributed by atoms with E-state index in [-0.39, 0.29) is 29.9 Å². The molecule has 5 heteroatoms. The Morgan fingerprint density at radius 1 is 1.17 bits per heavy atom. The quantitative estimate of drug-likeness (QED) is 0.841. The molecule has 1 amide bonds. The van der Waals surface area contributed by atoms with E-state index < -0.39 is 11.6 Å². The summed E-state index contributed by atoms with van der Waals surface area (Å²) >= 11 is 0. The van der Waals surface area contributed by atoms with Gasteiger partial charge in [0.2, 0.25) is 5.91 Å². The molecule has 1 aromatic carbocycles. The average molecular weight is 318 g/mol. The van der Waals surface area contributed by atoms with Gasteiger partial charge in [-0.1, -0.05) is 26.0 Å². The Morgan fingerprint density at radius 3 is 2.35 bits per heavy atom. The predicted octanol–water partition coefficient (Wildman–Crippen LogP) is 3.76. The SMILES string of the molecule is CC(C)[C@H](c1cccnc1)N(C)C(=O)Cc1c(F)cccc1F. The van der Waals surface area contributed by atoms with Crippen LogP contribution in [0.2, 0.25) is 0 Å². The van der Waals surface area contributed by atoms with Crippen LogP contribution in [0.5, 0.6) is 0 Å². The van der Waals surface area contributed by atoms with E-state index in [0.29, 0.717) is 0 Å². The smallest absolute Gasteiger partial charge is 0.227 e. The van der Waals surface area contributed by atoms with Gasteiger partial charge >= 0.3 is 0 Å². The molecule has 0 spiro atoms. The van der Waals surface area contributed by atoms with Crippen molar-refractivity contribution >= 4 is 5.91 Å². The lowest BCUT2D eigenvalue weighted by atomic mass is 9.95. The van der Waals surface area contributed by atoms with Crippen molar-refractivity contribution in [1.29, 1.82) is 0 Å². The van der Waals surface area contributed by atoms with Crippen molar-refractivity contribution in [3.05, 3.63) is 65.5 Å². The molecular formula is C18H20F2N2O. The number of amides is 1. The van der Waals surface area contributed by atoms with Crippen molar-refractivity contribution in [3.63, 3.8) is 0 Å². The van der Waals surface area contributed by atoms with Gasteiger partial charge in [-0.2, -0.15) is 0 Å². The van der Waals surface area contributed by atoms with Gasteiger partial charge in [-0.3, -0.25) is 9.78 Å². The average Bonchev–Trinajstić information content (AvgIpc) is 2.51. The van der Waals surface area contributed by atoms with Gasteiger partial charge in [-0.05, 0) is 29.7 Å². The summed E-state index contributed by atoms with van der Waals surface area (Å²) in [6, 6.07) is 7.10. The first-order valence-electron chi connectivity index (χ1n) is 7.50. The Balaban J connectivity index is 2.23. The summed E-state index contributed by atoms with van der Waals surface area (Å²) in [6.45, 7) is 3.98. The summed E-state index contributed by atoms with van der Waals surface area (Å²) in [5, 5.41) is 0. The maximum atomic E-state index is 13.7. The Labute approximate surface area is 135 Å². The lowest BCUT2D eigenvalue weighted by molar-refractivity contribution is -0.132. The second-order valence-corrected chi connectivity index (χ2v) is 5.86. The summed E-state index contributed by atoms with van der Waals surface area (Å²) in [7, 11) is 1.65. The molecule has 2 rings (SSSR count). The molecule has 0 aliphatic rings. The van der Waals surface area contributed by atoms with Crippen LogP contribution in [0.4, 0.5) is 8.78 Å². The fraction of sp³-hybridized carbons (Fsp3) is 0.333. The first-order chi connectivity index (χ1) is 10.9. The van der Waals surface area contributed by atoms with Crippen LogP contribution in [0.1, 0.15) is 31.0 Å². The summed E-state index contributed by atoms with van der Waals surface area (Å²) in [6.07, 6.45) is 3.06. The monoisotopic (exact) mass is 318 g/mol. The van der Waals surface area contributed by atoms with Crippen LogP contribution < -0.4 is 0 Å². The van der Waals surface area contributed by atoms with Crippen LogP contribution in [0.3, 0.4) is 0 Å². The maximum absolute atomic E-state index is 13.7. The minimum atomic E-state index is -0.700. The standard InChI is InChI=1S/C18H20F2N2O/c1-12(2)18(13-6-5-9-21-11-13)22(3)17(23)10-14-15(19)7-4-8-16(14)20/h4-9,11-12,18H,10H2,1-3H3/t18-/m1/s1. The molecule has 1 aromatic heterocycles. The van der Waals surface area contributed by atoms with Gasteiger partial charge in [0.1, 0.15) is 11.6 Å². The number of halogens is 2. The summed E-state index contributed by atoms with van der Waals surface area (Å²) in [4.78, 5) is 18.1. The number of hydrogen-bond acceptors (Lipinski definition) is 2. The Hall–Kier alpha value is -2.30. The van der Waals surface area contributed by atoms with E-state index in [2.05, 4.69) is 4.98 Å². The highest BCUT2D eigenvalue weighted by molar-refractivity contribution is 5.79. The highest BCUT2D eigenvalue weighted by Gasteiger charge is 2.26. The van der Waals surface area contributed by atoms with Crippen LogP contribution in [-0.4, -0.2) is 22.8 Å². The largest absolute Gasteiger partial charge is 0.338 e. The van der Waals surface area contributed by atoms with Gasteiger partial charge in [0.05, 0.1) is 12.5 Å². The van der Waals surface area contributed by atoms with Crippen LogP contribution in [-0.2, 0) is 11.2 Å². The van der Waals surface area contributed by atoms with Gasteiger partial charge < -0.3 is 4.90 Å². The number of likely N-dealkylation sites (N-methyl/N-ethyl adjacent to an activating group) is 1. The number of carbonyl (C=O) groups excluding carboxylic acids is 1. The molecule has 1 atom stereocenters. The van der Waals surface area contributed by atoms with E-state index in [0.717, 1.165) is 17.7 Å². The third-order valence-corrected chi connectivity index (χ3v) is 3.86. The summed E-state index contributed by atoms with van der Waals surface area (Å²) in [5.41, 5.74) is 0.699. The van der Waals surface area contributed by atoms with E-state index >= 15 is 0 Å². The van der Waals surface area contributed by atoms with Gasteiger partial charge in [-0.25, -0.2) is 8.78 Å². The normalized spacial score (nSPS) is 12.3. The third-order valence-electron chi connectivity index (χ3n) is 3.86. The number of pyridine rings is 1. The number of nitrogens with zero attached hydrogens (tertiary/aromatic N) is 2. The topological polar surface area (TPSA) is 33.2 Å². The predicted molar refractivity (Wildman–Crippen MR) is 84.6 cm³/mol. The highest BCUT2D eigenvalue weighted by atomic mass is 19.1. The number of carbonyl (C=O) groups is 1. The first kappa shape index (κ1) is 17.1. The molecule has 0 saturated heterocycles. The van der Waals surface area contributed by atoms with E-state index in [1.807, 2.05) is 19.9 Å². The fourth-order valence-electron chi connectivity index (χ4n) is 2.74. The Bertz CT molecular complexity index is 654. The Morgan fingerprint density at radius 2 is 1.83 bits per heavy atom. The van der Waals surface area contributed by atoms with Gasteiger partial charge in [0.25, 0.3) is 0 Å². The van der Waals surface area contributed by atoms with Gasteiger partial charge in [0, 0.05) is 25.0 Å². The zero-order valence-corrected chi connectivity index (χ0v) is 13.5. The number of hydrogen-bond donors (Lipinski definition) is 0. The summed E-state index contributed by atoms with van der Waals surface area (Å²) < 4.78 is 27.5. The first-order valence-corrected chi connectivity index (χ1v) is 7.50. The fourth-order valence-corrected chi connectivity index (χ4v) is 2.74. The van der Waals surface area contributed by atoms with E-state index in [1.165, 1.54) is 11.0 Å². The molecule has 0 unspecified atom stereocenters. The molecule has 0 radical (unpaired) electrons. The van der Waals surface area contributed by atoms with Crippen molar-refractivity contribution in [2.24, 2.45) is 5.92 Å². The molecule has 0 aliphatic carbocycles. The van der Waals surface area contributed by atoms with Crippen LogP contribution >= 0.6 is 0 Å². The lowest BCUT2D eigenvalue weighted by Crippen LogP contribution is -2.35. The molecular weight excluding hydrogens is 298 g/mol. The van der Waals surface area contributed by atoms with Crippen molar-refractivity contribution < 1.29 is 13.6 Å².